The van der Waals surface area contributed by atoms with Crippen molar-refractivity contribution in [3.05, 3.63) is 39.4 Å². The Morgan fingerprint density at radius 3 is 2.67 bits per heavy atom. The van der Waals surface area contributed by atoms with Crippen LogP contribution in [0.25, 0.3) is 0 Å². The van der Waals surface area contributed by atoms with E-state index in [1.54, 1.807) is 19.1 Å². The Kier molecular flexibility index (Phi) is 4.57. The van der Waals surface area contributed by atoms with Gasteiger partial charge in [-0.25, -0.2) is 0 Å². The first-order valence-electron chi connectivity index (χ1n) is 7.12. The zero-order chi connectivity index (χ0) is 15.5. The van der Waals surface area contributed by atoms with E-state index in [9.17, 15) is 20.0 Å². The quantitative estimate of drug-likeness (QED) is 0.640. The van der Waals surface area contributed by atoms with Gasteiger partial charge in [0.05, 0.1) is 23.5 Å². The molecule has 1 saturated carbocycles. The van der Waals surface area contributed by atoms with Crippen LogP contribution in [0.3, 0.4) is 0 Å². The van der Waals surface area contributed by atoms with Crippen LogP contribution in [0.1, 0.15) is 36.8 Å². The van der Waals surface area contributed by atoms with Crippen LogP contribution in [-0.2, 0) is 11.2 Å². The number of aliphatic hydroxyl groups excluding tert-OH is 1. The third-order valence-electron chi connectivity index (χ3n) is 4.23. The number of benzene rings is 1. The smallest absolute Gasteiger partial charge is 0.272 e. The number of nitro groups is 1. The maximum absolute atomic E-state index is 12.2. The van der Waals surface area contributed by atoms with Gasteiger partial charge in [0.15, 0.2) is 0 Å². The average molecular weight is 292 g/mol. The molecule has 1 fully saturated rings. The predicted octanol–water partition coefficient (Wildman–Crippen LogP) is 1.87. The van der Waals surface area contributed by atoms with Gasteiger partial charge >= 0.3 is 0 Å². The lowest BCUT2D eigenvalue weighted by molar-refractivity contribution is -0.385. The second-order valence-corrected chi connectivity index (χ2v) is 5.69. The Morgan fingerprint density at radius 1 is 1.43 bits per heavy atom. The summed E-state index contributed by atoms with van der Waals surface area (Å²) in [5, 5.41) is 23.3. The third kappa shape index (κ3) is 3.39. The fourth-order valence-electron chi connectivity index (χ4n) is 2.95. The molecular weight excluding hydrogens is 272 g/mol. The average Bonchev–Trinajstić information content (AvgIpc) is 2.90. The molecule has 0 radical (unpaired) electrons. The number of nitrogens with one attached hydrogen (secondary N) is 1. The van der Waals surface area contributed by atoms with Crippen molar-refractivity contribution in [3.63, 3.8) is 0 Å². The molecule has 1 aromatic rings. The number of carbonyl (C=O) groups is 1. The van der Waals surface area contributed by atoms with E-state index in [-0.39, 0.29) is 24.6 Å². The number of hydrogen-bond donors (Lipinski definition) is 2. The molecule has 1 amide bonds. The number of nitro benzene ring substituents is 1. The summed E-state index contributed by atoms with van der Waals surface area (Å²) in [7, 11) is 0. The molecular formula is C15H20N2O4. The van der Waals surface area contributed by atoms with Gasteiger partial charge in [-0.2, -0.15) is 0 Å². The van der Waals surface area contributed by atoms with Crippen molar-refractivity contribution in [2.75, 3.05) is 6.61 Å². The van der Waals surface area contributed by atoms with Crippen LogP contribution in [0.5, 0.6) is 0 Å². The monoisotopic (exact) mass is 292 g/mol. The predicted molar refractivity (Wildman–Crippen MR) is 78.0 cm³/mol. The van der Waals surface area contributed by atoms with E-state index in [0.29, 0.717) is 11.1 Å². The number of hydrogen-bond acceptors (Lipinski definition) is 4. The largest absolute Gasteiger partial charge is 0.394 e. The van der Waals surface area contributed by atoms with Gasteiger partial charge in [0.25, 0.3) is 5.69 Å². The van der Waals surface area contributed by atoms with E-state index in [4.69, 9.17) is 0 Å². The highest BCUT2D eigenvalue weighted by atomic mass is 16.6. The minimum absolute atomic E-state index is 0.0260. The Hall–Kier alpha value is -1.95. The fourth-order valence-corrected chi connectivity index (χ4v) is 2.95. The lowest BCUT2D eigenvalue weighted by Gasteiger charge is -2.28. The van der Waals surface area contributed by atoms with Gasteiger partial charge in [0, 0.05) is 11.6 Å². The molecule has 21 heavy (non-hydrogen) atoms. The van der Waals surface area contributed by atoms with Crippen LogP contribution in [0.2, 0.25) is 0 Å². The SMILES string of the molecule is Cc1c(CC(=O)NC2(CO)CCCC2)cccc1[N+](=O)[O-]. The van der Waals surface area contributed by atoms with Crippen molar-refractivity contribution in [3.8, 4) is 0 Å². The lowest BCUT2D eigenvalue weighted by atomic mass is 9.97. The molecule has 114 valence electrons. The molecule has 0 saturated heterocycles. The van der Waals surface area contributed by atoms with Gasteiger partial charge in [-0.3, -0.25) is 14.9 Å². The van der Waals surface area contributed by atoms with Crippen molar-refractivity contribution >= 4 is 11.6 Å². The van der Waals surface area contributed by atoms with Gasteiger partial charge < -0.3 is 10.4 Å². The molecule has 1 aliphatic carbocycles. The number of nitrogens with zero attached hydrogens (tertiary/aromatic N) is 1. The molecule has 2 rings (SSSR count). The minimum atomic E-state index is -0.508. The van der Waals surface area contributed by atoms with Crippen LogP contribution in [0, 0.1) is 17.0 Å². The van der Waals surface area contributed by atoms with E-state index >= 15 is 0 Å². The summed E-state index contributed by atoms with van der Waals surface area (Å²) in [4.78, 5) is 22.6. The van der Waals surface area contributed by atoms with Crippen LogP contribution in [0.15, 0.2) is 18.2 Å². The lowest BCUT2D eigenvalue weighted by Crippen LogP contribution is -2.49. The van der Waals surface area contributed by atoms with E-state index in [1.807, 2.05) is 0 Å². The summed E-state index contributed by atoms with van der Waals surface area (Å²) in [5.74, 6) is -0.199. The Balaban J connectivity index is 2.09. The van der Waals surface area contributed by atoms with Crippen molar-refractivity contribution in [1.82, 2.24) is 5.32 Å². The summed E-state index contributed by atoms with van der Waals surface area (Å²) < 4.78 is 0. The molecule has 6 nitrogen and oxygen atoms in total. The maximum Gasteiger partial charge on any atom is 0.272 e. The highest BCUT2D eigenvalue weighted by Gasteiger charge is 2.34. The van der Waals surface area contributed by atoms with Crippen LogP contribution < -0.4 is 5.32 Å². The molecule has 1 aromatic carbocycles. The topological polar surface area (TPSA) is 92.5 Å². The van der Waals surface area contributed by atoms with Crippen LogP contribution in [-0.4, -0.2) is 28.1 Å². The number of aliphatic hydroxyl groups is 1. The van der Waals surface area contributed by atoms with E-state index < -0.39 is 10.5 Å². The molecule has 0 spiro atoms. The second kappa shape index (κ2) is 6.22. The number of rotatable bonds is 5. The van der Waals surface area contributed by atoms with Gasteiger partial charge in [0.1, 0.15) is 0 Å². The van der Waals surface area contributed by atoms with Gasteiger partial charge in [-0.1, -0.05) is 25.0 Å². The highest BCUT2D eigenvalue weighted by molar-refractivity contribution is 5.80. The highest BCUT2D eigenvalue weighted by Crippen LogP contribution is 2.29. The fraction of sp³-hybridized carbons (Fsp3) is 0.533. The number of carbonyl (C=O) groups excluding carboxylic acids is 1. The molecule has 1 aliphatic rings. The van der Waals surface area contributed by atoms with E-state index in [2.05, 4.69) is 5.32 Å². The zero-order valence-corrected chi connectivity index (χ0v) is 12.1. The Morgan fingerprint density at radius 2 is 2.10 bits per heavy atom. The number of amides is 1. The molecule has 0 heterocycles. The molecule has 6 heteroatoms. The van der Waals surface area contributed by atoms with Crippen LogP contribution >= 0.6 is 0 Å². The molecule has 0 aromatic heterocycles. The van der Waals surface area contributed by atoms with Crippen LogP contribution in [0.4, 0.5) is 5.69 Å². The van der Waals surface area contributed by atoms with Gasteiger partial charge in [0.2, 0.25) is 5.91 Å². The minimum Gasteiger partial charge on any atom is -0.394 e. The Bertz CT molecular complexity index is 551. The molecule has 0 unspecified atom stereocenters. The molecule has 0 atom stereocenters. The molecule has 0 bridgehead atoms. The van der Waals surface area contributed by atoms with Gasteiger partial charge in [-0.05, 0) is 25.3 Å². The first-order chi connectivity index (χ1) is 9.97. The van der Waals surface area contributed by atoms with Crippen molar-refractivity contribution < 1.29 is 14.8 Å². The first-order valence-corrected chi connectivity index (χ1v) is 7.12. The third-order valence-corrected chi connectivity index (χ3v) is 4.23. The second-order valence-electron chi connectivity index (χ2n) is 5.69. The van der Waals surface area contributed by atoms with E-state index in [1.165, 1.54) is 6.07 Å². The standard InChI is InChI=1S/C15H20N2O4/c1-11-12(5-4-6-13(11)17(20)21)9-14(19)16-15(10-18)7-2-3-8-15/h4-6,18H,2-3,7-10H2,1H3,(H,16,19). The maximum atomic E-state index is 12.2. The van der Waals surface area contributed by atoms with Crippen molar-refractivity contribution in [2.24, 2.45) is 0 Å². The van der Waals surface area contributed by atoms with Gasteiger partial charge in [-0.15, -0.1) is 0 Å². The normalized spacial score (nSPS) is 16.7. The summed E-state index contributed by atoms with van der Waals surface area (Å²) in [6.45, 7) is 1.59. The van der Waals surface area contributed by atoms with E-state index in [0.717, 1.165) is 25.7 Å². The van der Waals surface area contributed by atoms with Crippen molar-refractivity contribution in [2.45, 2.75) is 44.6 Å². The first kappa shape index (κ1) is 15.4. The zero-order valence-electron chi connectivity index (χ0n) is 12.1. The summed E-state index contributed by atoms with van der Waals surface area (Å²) in [6.07, 6.45) is 3.65. The van der Waals surface area contributed by atoms with Crippen molar-refractivity contribution in [1.29, 1.82) is 0 Å². The summed E-state index contributed by atoms with van der Waals surface area (Å²) in [5.41, 5.74) is 0.680. The summed E-state index contributed by atoms with van der Waals surface area (Å²) in [6, 6.07) is 4.75. The Labute approximate surface area is 123 Å². The molecule has 0 aliphatic heterocycles. The summed E-state index contributed by atoms with van der Waals surface area (Å²) >= 11 is 0. The molecule has 2 N–H and O–H groups in total.